The molecular formula is C17H24N2O. The maximum absolute atomic E-state index is 11.9. The van der Waals surface area contributed by atoms with E-state index in [1.54, 1.807) is 0 Å². The highest BCUT2D eigenvalue weighted by atomic mass is 16.2. The Morgan fingerprint density at radius 3 is 2.55 bits per heavy atom. The lowest BCUT2D eigenvalue weighted by Gasteiger charge is -2.17. The molecule has 1 aromatic carbocycles. The van der Waals surface area contributed by atoms with Crippen LogP contribution in [0, 0.1) is 11.8 Å². The van der Waals surface area contributed by atoms with Crippen LogP contribution in [0.4, 0.5) is 0 Å². The maximum Gasteiger partial charge on any atom is 0.223 e. The van der Waals surface area contributed by atoms with Crippen LogP contribution in [0.1, 0.15) is 37.3 Å². The van der Waals surface area contributed by atoms with Crippen LogP contribution in [0.5, 0.6) is 0 Å². The van der Waals surface area contributed by atoms with Gasteiger partial charge < -0.3 is 5.32 Å². The van der Waals surface area contributed by atoms with Crippen LogP contribution >= 0.6 is 0 Å². The Balaban J connectivity index is 1.58. The lowest BCUT2D eigenvalue weighted by molar-refractivity contribution is -0.122. The van der Waals surface area contributed by atoms with Gasteiger partial charge in [0.15, 0.2) is 0 Å². The van der Waals surface area contributed by atoms with E-state index in [9.17, 15) is 4.79 Å². The molecular weight excluding hydrogens is 248 g/mol. The molecule has 2 atom stereocenters. The van der Waals surface area contributed by atoms with Gasteiger partial charge >= 0.3 is 0 Å². The van der Waals surface area contributed by atoms with Crippen molar-refractivity contribution >= 4 is 5.91 Å². The molecule has 20 heavy (non-hydrogen) atoms. The fourth-order valence-corrected chi connectivity index (χ4v) is 3.07. The lowest BCUT2D eigenvalue weighted by atomic mass is 10.1. The molecule has 2 unspecified atom stereocenters. The standard InChI is InChI=1S/C17H24N2O/c1-13-10-16(13)17(20)18-11-14-6-2-3-7-15(14)12-19-8-4-5-9-19/h2-3,6-7,13,16H,4-5,8-12H2,1H3,(H,18,20). The van der Waals surface area contributed by atoms with Crippen LogP contribution in [0.3, 0.4) is 0 Å². The zero-order valence-corrected chi connectivity index (χ0v) is 12.3. The highest BCUT2D eigenvalue weighted by molar-refractivity contribution is 5.81. The molecule has 0 bridgehead atoms. The van der Waals surface area contributed by atoms with E-state index < -0.39 is 0 Å². The average molecular weight is 272 g/mol. The molecule has 1 aliphatic carbocycles. The minimum atomic E-state index is 0.230. The molecule has 3 nitrogen and oxygen atoms in total. The Bertz CT molecular complexity index is 480. The molecule has 0 radical (unpaired) electrons. The van der Waals surface area contributed by atoms with Gasteiger partial charge in [-0.2, -0.15) is 0 Å². The third-order valence-corrected chi connectivity index (χ3v) is 4.61. The fourth-order valence-electron chi connectivity index (χ4n) is 3.07. The van der Waals surface area contributed by atoms with Crippen molar-refractivity contribution in [2.75, 3.05) is 13.1 Å². The Kier molecular flexibility index (Phi) is 4.06. The van der Waals surface area contributed by atoms with Crippen LogP contribution < -0.4 is 5.32 Å². The number of carbonyl (C=O) groups is 1. The number of carbonyl (C=O) groups excluding carboxylic acids is 1. The summed E-state index contributed by atoms with van der Waals surface area (Å²) in [4.78, 5) is 14.4. The molecule has 1 aromatic rings. The summed E-state index contributed by atoms with van der Waals surface area (Å²) in [6.07, 6.45) is 3.69. The number of rotatable bonds is 5. The summed E-state index contributed by atoms with van der Waals surface area (Å²) in [6, 6.07) is 8.50. The first kappa shape index (κ1) is 13.6. The van der Waals surface area contributed by atoms with Crippen LogP contribution in [-0.2, 0) is 17.9 Å². The van der Waals surface area contributed by atoms with Crippen LogP contribution in [0.15, 0.2) is 24.3 Å². The Morgan fingerprint density at radius 2 is 1.90 bits per heavy atom. The number of amides is 1. The number of nitrogens with one attached hydrogen (secondary N) is 1. The van der Waals surface area contributed by atoms with Crippen molar-refractivity contribution < 1.29 is 4.79 Å². The van der Waals surface area contributed by atoms with E-state index in [1.807, 2.05) is 0 Å². The largest absolute Gasteiger partial charge is 0.352 e. The fraction of sp³-hybridized carbons (Fsp3) is 0.588. The first-order chi connectivity index (χ1) is 9.74. The van der Waals surface area contributed by atoms with Gasteiger partial charge in [0.25, 0.3) is 0 Å². The van der Waals surface area contributed by atoms with Gasteiger partial charge in [0.1, 0.15) is 0 Å². The molecule has 2 aliphatic rings. The number of likely N-dealkylation sites (tertiary alicyclic amines) is 1. The summed E-state index contributed by atoms with van der Waals surface area (Å²) in [5.74, 6) is 1.07. The van der Waals surface area contributed by atoms with Gasteiger partial charge in [-0.25, -0.2) is 0 Å². The van der Waals surface area contributed by atoms with Gasteiger partial charge in [-0.3, -0.25) is 9.69 Å². The quantitative estimate of drug-likeness (QED) is 0.893. The lowest BCUT2D eigenvalue weighted by Crippen LogP contribution is -2.26. The third-order valence-electron chi connectivity index (χ3n) is 4.61. The number of hydrogen-bond donors (Lipinski definition) is 1. The van der Waals surface area contributed by atoms with Crippen molar-refractivity contribution in [3.05, 3.63) is 35.4 Å². The second-order valence-corrected chi connectivity index (χ2v) is 6.29. The Labute approximate surface area is 121 Å². The van der Waals surface area contributed by atoms with Crippen molar-refractivity contribution in [1.29, 1.82) is 0 Å². The topological polar surface area (TPSA) is 32.3 Å². The predicted molar refractivity (Wildman–Crippen MR) is 80.1 cm³/mol. The monoisotopic (exact) mass is 272 g/mol. The van der Waals surface area contributed by atoms with Crippen molar-refractivity contribution in [1.82, 2.24) is 10.2 Å². The number of benzene rings is 1. The summed E-state index contributed by atoms with van der Waals surface area (Å²) < 4.78 is 0. The Hall–Kier alpha value is -1.35. The molecule has 1 saturated carbocycles. The first-order valence-electron chi connectivity index (χ1n) is 7.81. The summed E-state index contributed by atoms with van der Waals surface area (Å²) in [7, 11) is 0. The van der Waals surface area contributed by atoms with E-state index in [0.29, 0.717) is 12.5 Å². The van der Waals surface area contributed by atoms with Crippen LogP contribution in [-0.4, -0.2) is 23.9 Å². The summed E-state index contributed by atoms with van der Waals surface area (Å²) in [6.45, 7) is 6.25. The molecule has 1 saturated heterocycles. The maximum atomic E-state index is 11.9. The number of hydrogen-bond acceptors (Lipinski definition) is 2. The highest BCUT2D eigenvalue weighted by Gasteiger charge is 2.38. The second kappa shape index (κ2) is 5.96. The average Bonchev–Trinajstić information content (AvgIpc) is 2.97. The summed E-state index contributed by atoms with van der Waals surface area (Å²) in [5, 5.41) is 3.10. The van der Waals surface area contributed by atoms with Gasteiger partial charge in [0, 0.05) is 19.0 Å². The predicted octanol–water partition coefficient (Wildman–Crippen LogP) is 2.55. The highest BCUT2D eigenvalue weighted by Crippen LogP contribution is 2.37. The van der Waals surface area contributed by atoms with Gasteiger partial charge in [-0.15, -0.1) is 0 Å². The van der Waals surface area contributed by atoms with E-state index in [4.69, 9.17) is 0 Å². The minimum absolute atomic E-state index is 0.230. The molecule has 1 heterocycles. The van der Waals surface area contributed by atoms with Crippen LogP contribution in [0.2, 0.25) is 0 Å². The number of nitrogens with zero attached hydrogens (tertiary/aromatic N) is 1. The zero-order chi connectivity index (χ0) is 13.9. The van der Waals surface area contributed by atoms with Crippen LogP contribution in [0.25, 0.3) is 0 Å². The van der Waals surface area contributed by atoms with E-state index >= 15 is 0 Å². The van der Waals surface area contributed by atoms with E-state index in [-0.39, 0.29) is 11.8 Å². The van der Waals surface area contributed by atoms with E-state index in [0.717, 1.165) is 13.0 Å². The SMILES string of the molecule is CC1CC1C(=O)NCc1ccccc1CN1CCCC1. The van der Waals surface area contributed by atoms with E-state index in [2.05, 4.69) is 41.4 Å². The van der Waals surface area contributed by atoms with Crippen molar-refractivity contribution in [2.45, 2.75) is 39.3 Å². The molecule has 1 amide bonds. The van der Waals surface area contributed by atoms with Gasteiger partial charge in [-0.05, 0) is 49.4 Å². The Morgan fingerprint density at radius 1 is 1.25 bits per heavy atom. The van der Waals surface area contributed by atoms with Gasteiger partial charge in [0.2, 0.25) is 5.91 Å². The smallest absolute Gasteiger partial charge is 0.223 e. The van der Waals surface area contributed by atoms with E-state index in [1.165, 1.54) is 37.1 Å². The van der Waals surface area contributed by atoms with Gasteiger partial charge in [0.05, 0.1) is 0 Å². The summed E-state index contributed by atoms with van der Waals surface area (Å²) >= 11 is 0. The molecule has 1 N–H and O–H groups in total. The van der Waals surface area contributed by atoms with Crippen molar-refractivity contribution in [3.8, 4) is 0 Å². The van der Waals surface area contributed by atoms with Crippen molar-refractivity contribution in [3.63, 3.8) is 0 Å². The molecule has 108 valence electrons. The zero-order valence-electron chi connectivity index (χ0n) is 12.3. The third kappa shape index (κ3) is 3.21. The van der Waals surface area contributed by atoms with Crippen molar-refractivity contribution in [2.24, 2.45) is 11.8 Å². The molecule has 3 heteroatoms. The van der Waals surface area contributed by atoms with Gasteiger partial charge in [-0.1, -0.05) is 31.2 Å². The molecule has 0 aromatic heterocycles. The molecule has 1 aliphatic heterocycles. The normalized spacial score (nSPS) is 25.6. The minimum Gasteiger partial charge on any atom is -0.352 e. The molecule has 2 fully saturated rings. The summed E-state index contributed by atoms with van der Waals surface area (Å²) in [5.41, 5.74) is 2.62. The molecule has 0 spiro atoms. The first-order valence-corrected chi connectivity index (χ1v) is 7.81. The second-order valence-electron chi connectivity index (χ2n) is 6.29. The molecule has 3 rings (SSSR count).